The fourth-order valence-electron chi connectivity index (χ4n) is 1.29. The van der Waals surface area contributed by atoms with E-state index in [1.165, 1.54) is 22.3 Å². The smallest absolute Gasteiger partial charge is 0.0228 e. The Balaban J connectivity index is 3.06. The van der Waals surface area contributed by atoms with Crippen molar-refractivity contribution in [1.82, 2.24) is 0 Å². The van der Waals surface area contributed by atoms with Crippen LogP contribution in [0, 0.1) is 0 Å². The molecule has 74 valence electrons. The van der Waals surface area contributed by atoms with Crippen LogP contribution in [-0.4, -0.2) is 0 Å². The first kappa shape index (κ1) is 10.8. The molecule has 0 N–H and O–H groups in total. The highest BCUT2D eigenvalue weighted by Crippen LogP contribution is 2.20. The SMILES string of the molecule is C=C(C)c1ccc(C(C)=C(C)C)cc1. The molecule has 1 rings (SSSR count). The third-order valence-electron chi connectivity index (χ3n) is 2.56. The Morgan fingerprint density at radius 3 is 1.64 bits per heavy atom. The van der Waals surface area contributed by atoms with Crippen LogP contribution >= 0.6 is 0 Å². The molecule has 0 bridgehead atoms. The van der Waals surface area contributed by atoms with Gasteiger partial charge in [0, 0.05) is 0 Å². The first-order valence-corrected chi connectivity index (χ1v) is 4.92. The molecule has 0 saturated carbocycles. The second-order valence-corrected chi connectivity index (χ2v) is 3.98. The predicted octanol–water partition coefficient (Wildman–Crippen LogP) is 4.53. The van der Waals surface area contributed by atoms with Gasteiger partial charge in [-0.1, -0.05) is 42.0 Å². The third kappa shape index (κ3) is 2.35. The van der Waals surface area contributed by atoms with E-state index in [9.17, 15) is 0 Å². The Morgan fingerprint density at radius 2 is 1.29 bits per heavy atom. The number of hydrogen-bond acceptors (Lipinski definition) is 0. The van der Waals surface area contributed by atoms with Gasteiger partial charge < -0.3 is 0 Å². The van der Waals surface area contributed by atoms with Gasteiger partial charge in [-0.15, -0.1) is 0 Å². The molecule has 0 aromatic heterocycles. The molecule has 0 amide bonds. The molecular weight excluding hydrogens is 168 g/mol. The largest absolute Gasteiger partial charge is 0.0955 e. The average molecular weight is 186 g/mol. The van der Waals surface area contributed by atoms with Crippen LogP contribution < -0.4 is 0 Å². The van der Waals surface area contributed by atoms with Crippen LogP contribution in [0.4, 0.5) is 0 Å². The molecule has 0 atom stereocenters. The molecule has 0 saturated heterocycles. The maximum atomic E-state index is 3.92. The Labute approximate surface area is 87.0 Å². The summed E-state index contributed by atoms with van der Waals surface area (Å²) < 4.78 is 0. The van der Waals surface area contributed by atoms with Gasteiger partial charge in [0.05, 0.1) is 0 Å². The second-order valence-electron chi connectivity index (χ2n) is 3.98. The third-order valence-corrected chi connectivity index (χ3v) is 2.56. The zero-order chi connectivity index (χ0) is 10.7. The maximum absolute atomic E-state index is 3.92. The van der Waals surface area contributed by atoms with Gasteiger partial charge in [-0.3, -0.25) is 0 Å². The fourth-order valence-corrected chi connectivity index (χ4v) is 1.29. The van der Waals surface area contributed by atoms with Crippen LogP contribution in [0.1, 0.15) is 38.8 Å². The molecule has 0 nitrogen and oxygen atoms in total. The molecule has 0 spiro atoms. The zero-order valence-electron chi connectivity index (χ0n) is 9.52. The number of benzene rings is 1. The van der Waals surface area contributed by atoms with Crippen molar-refractivity contribution in [3.63, 3.8) is 0 Å². The molecule has 0 unspecified atom stereocenters. The molecule has 0 heteroatoms. The van der Waals surface area contributed by atoms with Crippen molar-refractivity contribution < 1.29 is 0 Å². The summed E-state index contributed by atoms with van der Waals surface area (Å²) in [6.07, 6.45) is 0. The van der Waals surface area contributed by atoms with Gasteiger partial charge >= 0.3 is 0 Å². The van der Waals surface area contributed by atoms with E-state index in [1.54, 1.807) is 0 Å². The first-order valence-electron chi connectivity index (χ1n) is 4.92. The van der Waals surface area contributed by atoms with E-state index < -0.39 is 0 Å². The quantitative estimate of drug-likeness (QED) is 0.636. The van der Waals surface area contributed by atoms with Gasteiger partial charge in [0.15, 0.2) is 0 Å². The summed E-state index contributed by atoms with van der Waals surface area (Å²) in [5.74, 6) is 0. The van der Waals surface area contributed by atoms with Crippen molar-refractivity contribution in [1.29, 1.82) is 0 Å². The van der Waals surface area contributed by atoms with Gasteiger partial charge in [-0.25, -0.2) is 0 Å². The van der Waals surface area contributed by atoms with E-state index >= 15 is 0 Å². The normalized spacial score (nSPS) is 9.71. The van der Waals surface area contributed by atoms with Crippen LogP contribution in [0.15, 0.2) is 36.4 Å². The number of rotatable bonds is 2. The molecule has 0 heterocycles. The van der Waals surface area contributed by atoms with Gasteiger partial charge in [0.1, 0.15) is 0 Å². The van der Waals surface area contributed by atoms with Crippen molar-refractivity contribution in [2.75, 3.05) is 0 Å². The molecule has 0 aliphatic heterocycles. The summed E-state index contributed by atoms with van der Waals surface area (Å²) in [7, 11) is 0. The molecule has 1 aromatic rings. The van der Waals surface area contributed by atoms with Crippen molar-refractivity contribution in [3.8, 4) is 0 Å². The molecular formula is C14H18. The Morgan fingerprint density at radius 1 is 0.857 bits per heavy atom. The molecule has 0 aliphatic carbocycles. The summed E-state index contributed by atoms with van der Waals surface area (Å²) in [5.41, 5.74) is 6.36. The van der Waals surface area contributed by atoms with Gasteiger partial charge in [-0.2, -0.15) is 0 Å². The number of hydrogen-bond donors (Lipinski definition) is 0. The van der Waals surface area contributed by atoms with Gasteiger partial charge in [0.25, 0.3) is 0 Å². The Bertz CT molecular complexity index is 360. The van der Waals surface area contributed by atoms with E-state index in [-0.39, 0.29) is 0 Å². The molecule has 1 aromatic carbocycles. The van der Waals surface area contributed by atoms with Crippen LogP contribution in [-0.2, 0) is 0 Å². The molecule has 0 fully saturated rings. The van der Waals surface area contributed by atoms with Crippen LogP contribution in [0.25, 0.3) is 11.1 Å². The highest BCUT2D eigenvalue weighted by atomic mass is 14.0. The summed E-state index contributed by atoms with van der Waals surface area (Å²) >= 11 is 0. The van der Waals surface area contributed by atoms with Crippen LogP contribution in [0.3, 0.4) is 0 Å². The summed E-state index contributed by atoms with van der Waals surface area (Å²) in [4.78, 5) is 0. The lowest BCUT2D eigenvalue weighted by Gasteiger charge is -2.05. The first-order chi connectivity index (χ1) is 6.52. The topological polar surface area (TPSA) is 0 Å². The highest BCUT2D eigenvalue weighted by molar-refractivity contribution is 5.69. The van der Waals surface area contributed by atoms with Crippen LogP contribution in [0.2, 0.25) is 0 Å². The summed E-state index contributed by atoms with van der Waals surface area (Å²) in [6, 6.07) is 8.58. The minimum absolute atomic E-state index is 1.12. The summed E-state index contributed by atoms with van der Waals surface area (Å²) in [6.45, 7) is 12.4. The average Bonchev–Trinajstić information content (AvgIpc) is 2.16. The van der Waals surface area contributed by atoms with E-state index in [1.807, 2.05) is 6.92 Å². The van der Waals surface area contributed by atoms with E-state index in [0.717, 1.165) is 5.57 Å². The van der Waals surface area contributed by atoms with Crippen molar-refractivity contribution in [3.05, 3.63) is 47.5 Å². The zero-order valence-corrected chi connectivity index (χ0v) is 9.52. The molecule has 0 radical (unpaired) electrons. The van der Waals surface area contributed by atoms with Crippen molar-refractivity contribution in [2.24, 2.45) is 0 Å². The van der Waals surface area contributed by atoms with Crippen molar-refractivity contribution >= 4 is 11.1 Å². The fraction of sp³-hybridized carbons (Fsp3) is 0.286. The lowest BCUT2D eigenvalue weighted by atomic mass is 10.0. The standard InChI is InChI=1S/C14H18/c1-10(2)12(5)14-8-6-13(7-9-14)11(3)4/h6-9H,3H2,1-2,4-5H3. The highest BCUT2D eigenvalue weighted by Gasteiger charge is 1.98. The van der Waals surface area contributed by atoms with Crippen LogP contribution in [0.5, 0.6) is 0 Å². The molecule has 14 heavy (non-hydrogen) atoms. The molecule has 0 aliphatic rings. The van der Waals surface area contributed by atoms with E-state index in [4.69, 9.17) is 0 Å². The van der Waals surface area contributed by atoms with E-state index in [2.05, 4.69) is 51.6 Å². The monoisotopic (exact) mass is 186 g/mol. The lowest BCUT2D eigenvalue weighted by molar-refractivity contribution is 1.36. The maximum Gasteiger partial charge on any atom is -0.0228 e. The minimum Gasteiger partial charge on any atom is -0.0955 e. The number of allylic oxidation sites excluding steroid dienone is 3. The Hall–Kier alpha value is -1.30. The predicted molar refractivity (Wildman–Crippen MR) is 65.1 cm³/mol. The lowest BCUT2D eigenvalue weighted by Crippen LogP contribution is -1.84. The van der Waals surface area contributed by atoms with Gasteiger partial charge in [0.2, 0.25) is 0 Å². The van der Waals surface area contributed by atoms with E-state index in [0.29, 0.717) is 0 Å². The van der Waals surface area contributed by atoms with Crippen molar-refractivity contribution in [2.45, 2.75) is 27.7 Å². The van der Waals surface area contributed by atoms with Gasteiger partial charge in [-0.05, 0) is 44.4 Å². The Kier molecular flexibility index (Phi) is 3.29. The minimum atomic E-state index is 1.12. The summed E-state index contributed by atoms with van der Waals surface area (Å²) in [5, 5.41) is 0. The second kappa shape index (κ2) is 4.28.